The molecular formula is C14H17NO4. The van der Waals surface area contributed by atoms with E-state index in [1.165, 1.54) is 12.1 Å². The molecule has 1 N–H and O–H groups in total. The number of carbonyl (C=O) groups is 2. The number of amides is 1. The van der Waals surface area contributed by atoms with Crippen LogP contribution in [0.25, 0.3) is 0 Å². The smallest absolute Gasteiger partial charge is 0.335 e. The number of hydrogen-bond acceptors (Lipinski definition) is 3. The van der Waals surface area contributed by atoms with Gasteiger partial charge in [0.1, 0.15) is 0 Å². The highest BCUT2D eigenvalue weighted by molar-refractivity contribution is 5.97. The number of benzene rings is 1. The highest BCUT2D eigenvalue weighted by Crippen LogP contribution is 2.15. The first-order chi connectivity index (χ1) is 8.97. The molecule has 0 radical (unpaired) electrons. The van der Waals surface area contributed by atoms with Gasteiger partial charge in [-0.3, -0.25) is 4.79 Å². The maximum absolute atomic E-state index is 12.3. The van der Waals surface area contributed by atoms with Crippen molar-refractivity contribution in [3.8, 4) is 0 Å². The van der Waals surface area contributed by atoms with E-state index < -0.39 is 5.97 Å². The van der Waals surface area contributed by atoms with Crippen LogP contribution in [-0.4, -0.2) is 47.2 Å². The molecule has 1 fully saturated rings. The fourth-order valence-electron chi connectivity index (χ4n) is 2.31. The number of aromatic carboxylic acids is 1. The van der Waals surface area contributed by atoms with Crippen molar-refractivity contribution in [2.45, 2.75) is 26.1 Å². The molecule has 0 bridgehead atoms. The van der Waals surface area contributed by atoms with Crippen molar-refractivity contribution >= 4 is 11.9 Å². The number of hydrogen-bond donors (Lipinski definition) is 1. The van der Waals surface area contributed by atoms with Gasteiger partial charge in [0.25, 0.3) is 5.91 Å². The summed E-state index contributed by atoms with van der Waals surface area (Å²) in [5.41, 5.74) is 0.529. The van der Waals surface area contributed by atoms with Crippen LogP contribution in [-0.2, 0) is 4.74 Å². The van der Waals surface area contributed by atoms with E-state index in [-0.39, 0.29) is 23.7 Å². The minimum absolute atomic E-state index is 0.00430. The van der Waals surface area contributed by atoms with E-state index in [2.05, 4.69) is 0 Å². The van der Waals surface area contributed by atoms with Crippen molar-refractivity contribution in [1.82, 2.24) is 4.90 Å². The van der Waals surface area contributed by atoms with Crippen LogP contribution in [0, 0.1) is 0 Å². The van der Waals surface area contributed by atoms with Gasteiger partial charge in [0.05, 0.1) is 17.8 Å². The predicted octanol–water partition coefficient (Wildman–Crippen LogP) is 1.63. The number of carboxylic acid groups (broad SMARTS) is 1. The molecule has 1 aromatic rings. The Morgan fingerprint density at radius 3 is 2.37 bits per heavy atom. The van der Waals surface area contributed by atoms with Crippen molar-refractivity contribution in [2.75, 3.05) is 13.1 Å². The van der Waals surface area contributed by atoms with Crippen molar-refractivity contribution in [1.29, 1.82) is 0 Å². The van der Waals surface area contributed by atoms with E-state index in [1.54, 1.807) is 17.0 Å². The van der Waals surface area contributed by atoms with Gasteiger partial charge in [-0.2, -0.15) is 0 Å². The summed E-state index contributed by atoms with van der Waals surface area (Å²) < 4.78 is 5.58. The molecule has 5 heteroatoms. The summed E-state index contributed by atoms with van der Waals surface area (Å²) in [4.78, 5) is 25.0. The van der Waals surface area contributed by atoms with E-state index in [0.717, 1.165) is 0 Å². The number of rotatable bonds is 2. The third-order valence-electron chi connectivity index (χ3n) is 3.06. The Labute approximate surface area is 111 Å². The van der Waals surface area contributed by atoms with Gasteiger partial charge >= 0.3 is 5.97 Å². The van der Waals surface area contributed by atoms with Crippen molar-refractivity contribution in [3.63, 3.8) is 0 Å². The normalized spacial score (nSPS) is 23.2. The molecule has 1 aliphatic heterocycles. The number of carboxylic acids is 1. The highest BCUT2D eigenvalue weighted by atomic mass is 16.5. The summed E-state index contributed by atoms with van der Waals surface area (Å²) in [6, 6.07) is 6.11. The summed E-state index contributed by atoms with van der Waals surface area (Å²) in [5.74, 6) is -1.18. The second-order valence-electron chi connectivity index (χ2n) is 4.85. The molecule has 1 heterocycles. The topological polar surface area (TPSA) is 66.8 Å². The molecule has 0 spiro atoms. The minimum Gasteiger partial charge on any atom is -0.478 e. The summed E-state index contributed by atoms with van der Waals surface area (Å²) in [5, 5.41) is 8.94. The molecule has 1 saturated heterocycles. The van der Waals surface area contributed by atoms with Gasteiger partial charge in [0.15, 0.2) is 0 Å². The van der Waals surface area contributed by atoms with Gasteiger partial charge in [-0.1, -0.05) is 6.07 Å². The molecule has 0 aliphatic carbocycles. The maximum Gasteiger partial charge on any atom is 0.335 e. The van der Waals surface area contributed by atoms with Crippen LogP contribution < -0.4 is 0 Å². The summed E-state index contributed by atoms with van der Waals surface area (Å²) in [6.45, 7) is 4.90. The lowest BCUT2D eigenvalue weighted by molar-refractivity contribution is -0.0586. The number of ether oxygens (including phenoxy) is 1. The van der Waals surface area contributed by atoms with Gasteiger partial charge < -0.3 is 14.7 Å². The van der Waals surface area contributed by atoms with E-state index in [1.807, 2.05) is 13.8 Å². The lowest BCUT2D eigenvalue weighted by atomic mass is 10.1. The van der Waals surface area contributed by atoms with Crippen LogP contribution in [0.2, 0.25) is 0 Å². The Morgan fingerprint density at radius 1 is 1.21 bits per heavy atom. The van der Waals surface area contributed by atoms with Crippen LogP contribution in [0.15, 0.2) is 24.3 Å². The van der Waals surface area contributed by atoms with Gasteiger partial charge in [0.2, 0.25) is 0 Å². The third-order valence-corrected chi connectivity index (χ3v) is 3.06. The molecule has 1 aromatic carbocycles. The van der Waals surface area contributed by atoms with Crippen molar-refractivity contribution in [2.24, 2.45) is 0 Å². The quantitative estimate of drug-likeness (QED) is 0.880. The largest absolute Gasteiger partial charge is 0.478 e. The van der Waals surface area contributed by atoms with Crippen LogP contribution in [0.5, 0.6) is 0 Å². The Bertz CT molecular complexity index is 490. The van der Waals surface area contributed by atoms with Gasteiger partial charge in [0, 0.05) is 18.7 Å². The Hall–Kier alpha value is -1.88. The molecule has 2 rings (SSSR count). The first kappa shape index (κ1) is 13.5. The molecule has 1 amide bonds. The molecule has 2 atom stereocenters. The molecule has 2 unspecified atom stereocenters. The highest BCUT2D eigenvalue weighted by Gasteiger charge is 2.26. The van der Waals surface area contributed by atoms with E-state index >= 15 is 0 Å². The Kier molecular flexibility index (Phi) is 3.85. The zero-order valence-electron chi connectivity index (χ0n) is 11.0. The first-order valence-corrected chi connectivity index (χ1v) is 6.25. The fraction of sp³-hybridized carbons (Fsp3) is 0.429. The van der Waals surface area contributed by atoms with E-state index in [4.69, 9.17) is 9.84 Å². The van der Waals surface area contributed by atoms with Gasteiger partial charge in [-0.05, 0) is 32.0 Å². The summed E-state index contributed by atoms with van der Waals surface area (Å²) >= 11 is 0. The van der Waals surface area contributed by atoms with Crippen LogP contribution in [0.1, 0.15) is 34.6 Å². The second kappa shape index (κ2) is 5.40. The molecule has 0 aromatic heterocycles. The zero-order chi connectivity index (χ0) is 14.0. The molecule has 19 heavy (non-hydrogen) atoms. The zero-order valence-corrected chi connectivity index (χ0v) is 11.0. The van der Waals surface area contributed by atoms with Crippen molar-refractivity contribution < 1.29 is 19.4 Å². The molecule has 0 saturated carbocycles. The fourth-order valence-corrected chi connectivity index (χ4v) is 2.31. The Morgan fingerprint density at radius 2 is 1.79 bits per heavy atom. The number of carbonyl (C=O) groups excluding carboxylic acids is 1. The average molecular weight is 263 g/mol. The lowest BCUT2D eigenvalue weighted by Crippen LogP contribution is -2.48. The van der Waals surface area contributed by atoms with Crippen LogP contribution >= 0.6 is 0 Å². The predicted molar refractivity (Wildman–Crippen MR) is 69.3 cm³/mol. The first-order valence-electron chi connectivity index (χ1n) is 6.25. The maximum atomic E-state index is 12.3. The monoisotopic (exact) mass is 263 g/mol. The minimum atomic E-state index is -1.03. The molecular weight excluding hydrogens is 246 g/mol. The van der Waals surface area contributed by atoms with E-state index in [9.17, 15) is 9.59 Å². The van der Waals surface area contributed by atoms with Crippen molar-refractivity contribution in [3.05, 3.63) is 35.4 Å². The lowest BCUT2D eigenvalue weighted by Gasteiger charge is -2.35. The third kappa shape index (κ3) is 3.12. The van der Waals surface area contributed by atoms with Gasteiger partial charge in [-0.15, -0.1) is 0 Å². The standard InChI is InChI=1S/C14H17NO4/c1-9-7-15(8-10(2)19-9)13(16)11-4-3-5-12(6-11)14(17)18/h3-6,9-10H,7-8H2,1-2H3,(H,17,18). The molecule has 5 nitrogen and oxygen atoms in total. The van der Waals surface area contributed by atoms with Crippen LogP contribution in [0.3, 0.4) is 0 Å². The number of morpholine rings is 1. The summed E-state index contributed by atoms with van der Waals surface area (Å²) in [7, 11) is 0. The van der Waals surface area contributed by atoms with Crippen LogP contribution in [0.4, 0.5) is 0 Å². The number of nitrogens with zero attached hydrogens (tertiary/aromatic N) is 1. The SMILES string of the molecule is CC1CN(C(=O)c2cccc(C(=O)O)c2)CC(C)O1. The second-order valence-corrected chi connectivity index (χ2v) is 4.85. The molecule has 102 valence electrons. The average Bonchev–Trinajstić information content (AvgIpc) is 2.37. The Balaban J connectivity index is 2.19. The summed E-state index contributed by atoms with van der Waals surface area (Å²) in [6.07, 6.45) is -0.00860. The molecule has 1 aliphatic rings. The van der Waals surface area contributed by atoms with E-state index in [0.29, 0.717) is 18.7 Å². The van der Waals surface area contributed by atoms with Gasteiger partial charge in [-0.25, -0.2) is 4.79 Å².